The summed E-state index contributed by atoms with van der Waals surface area (Å²) in [5, 5.41) is 4.71. The molecule has 8 nitrogen and oxygen atoms in total. The fourth-order valence-corrected chi connectivity index (χ4v) is 5.91. The molecule has 0 aliphatic heterocycles. The molecule has 1 heterocycles. The van der Waals surface area contributed by atoms with Gasteiger partial charge in [0.15, 0.2) is 15.5 Å². The van der Waals surface area contributed by atoms with Gasteiger partial charge in [0, 0.05) is 17.9 Å². The van der Waals surface area contributed by atoms with Crippen LogP contribution in [0, 0.1) is 0 Å². The number of fused-ring (bicyclic) bond motifs is 1. The van der Waals surface area contributed by atoms with E-state index in [0.717, 1.165) is 18.5 Å². The van der Waals surface area contributed by atoms with E-state index in [0.29, 0.717) is 34.3 Å². The first kappa shape index (κ1) is 26.3. The van der Waals surface area contributed by atoms with E-state index in [1.54, 1.807) is 50.5 Å². The number of aromatic nitrogens is 2. The van der Waals surface area contributed by atoms with Gasteiger partial charge in [-0.15, -0.1) is 0 Å². The van der Waals surface area contributed by atoms with Crippen LogP contribution in [0.15, 0.2) is 47.5 Å². The van der Waals surface area contributed by atoms with Crippen LogP contribution < -0.4 is 21.1 Å². The summed E-state index contributed by atoms with van der Waals surface area (Å²) in [6, 6.07) is 11.3. The molecule has 1 aliphatic rings. The van der Waals surface area contributed by atoms with Crippen molar-refractivity contribution >= 4 is 44.6 Å². The molecule has 0 saturated heterocycles. The third-order valence-electron chi connectivity index (χ3n) is 7.06. The number of nitrogens with two attached hydrogens (primary N) is 1. The van der Waals surface area contributed by atoms with Crippen molar-refractivity contribution in [3.05, 3.63) is 58.7 Å². The lowest BCUT2D eigenvalue weighted by molar-refractivity contribution is -0.485. The van der Waals surface area contributed by atoms with Crippen LogP contribution in [0.3, 0.4) is 0 Å². The topological polar surface area (TPSA) is 125 Å². The zero-order valence-corrected chi connectivity index (χ0v) is 22.9. The molecule has 6 N–H and O–H groups in total. The molecule has 1 atom stereocenters. The summed E-state index contributed by atoms with van der Waals surface area (Å²) in [6.45, 7) is 7.76. The number of hydrogen-bond donors (Lipinski definition) is 3. The quantitative estimate of drug-likeness (QED) is 0.401. The Bertz CT molecular complexity index is 1390. The van der Waals surface area contributed by atoms with E-state index in [1.807, 2.05) is 0 Å². The molecule has 1 unspecified atom stereocenters. The first-order valence-electron chi connectivity index (χ1n) is 12.0. The molecule has 10 heteroatoms. The Morgan fingerprint density at radius 3 is 2.67 bits per heavy atom. The van der Waals surface area contributed by atoms with E-state index >= 15 is 0 Å². The lowest BCUT2D eigenvalue weighted by atomic mass is 9.69. The number of para-hydroxylation sites is 1. The van der Waals surface area contributed by atoms with Crippen molar-refractivity contribution in [1.29, 1.82) is 0 Å². The van der Waals surface area contributed by atoms with Crippen molar-refractivity contribution in [2.75, 3.05) is 12.4 Å². The fourth-order valence-electron chi connectivity index (χ4n) is 4.53. The second-order valence-electron chi connectivity index (χ2n) is 9.99. The summed E-state index contributed by atoms with van der Waals surface area (Å²) in [5.41, 5.74) is 8.06. The van der Waals surface area contributed by atoms with Gasteiger partial charge < -0.3 is 15.8 Å². The summed E-state index contributed by atoms with van der Waals surface area (Å²) in [6.07, 6.45) is 3.46. The zero-order chi connectivity index (χ0) is 26.3. The highest BCUT2D eigenvalue weighted by Crippen LogP contribution is 2.41. The maximum absolute atomic E-state index is 12.9. The number of sulfone groups is 1. The van der Waals surface area contributed by atoms with Crippen molar-refractivity contribution in [1.82, 2.24) is 9.97 Å². The molecule has 2 aromatic carbocycles. The van der Waals surface area contributed by atoms with Crippen molar-refractivity contribution in [3.63, 3.8) is 0 Å². The van der Waals surface area contributed by atoms with E-state index in [4.69, 9.17) is 16.3 Å². The van der Waals surface area contributed by atoms with Gasteiger partial charge in [0.05, 0.1) is 30.3 Å². The van der Waals surface area contributed by atoms with Gasteiger partial charge in [-0.05, 0) is 49.6 Å². The monoisotopic (exact) mass is 531 g/mol. The summed E-state index contributed by atoms with van der Waals surface area (Å²) in [5.74, 6) is 1.44. The number of halogens is 1. The van der Waals surface area contributed by atoms with Gasteiger partial charge in [0.2, 0.25) is 5.95 Å². The maximum Gasteiger partial charge on any atom is 0.253 e. The van der Waals surface area contributed by atoms with E-state index in [-0.39, 0.29) is 10.3 Å². The normalized spacial score (nSPS) is 17.1. The average Bonchev–Trinajstić information content (AvgIpc) is 2.83. The minimum Gasteiger partial charge on any atom is -0.495 e. The number of ether oxygens (including phenoxy) is 1. The third-order valence-corrected chi connectivity index (χ3v) is 9.58. The Morgan fingerprint density at radius 1 is 1.25 bits per heavy atom. The number of nitrogens with one attached hydrogen (secondary N) is 1. The molecule has 0 saturated carbocycles. The van der Waals surface area contributed by atoms with Crippen LogP contribution >= 0.6 is 11.6 Å². The smallest absolute Gasteiger partial charge is 0.253 e. The highest BCUT2D eigenvalue weighted by molar-refractivity contribution is 7.92. The molecular formula is C26H34ClN5O3S+2. The average molecular weight is 532 g/mol. The van der Waals surface area contributed by atoms with Gasteiger partial charge in [0.1, 0.15) is 15.7 Å². The Kier molecular flexibility index (Phi) is 7.30. The minimum absolute atomic E-state index is 0.0536. The lowest BCUT2D eigenvalue weighted by Crippen LogP contribution is -2.72. The van der Waals surface area contributed by atoms with Crippen LogP contribution in [0.2, 0.25) is 5.02 Å². The molecular weight excluding hydrogens is 498 g/mol. The van der Waals surface area contributed by atoms with Crippen LogP contribution in [-0.4, -0.2) is 36.8 Å². The molecule has 192 valence electrons. The molecule has 36 heavy (non-hydrogen) atoms. The molecule has 0 spiro atoms. The number of anilines is 2. The minimum atomic E-state index is -3.48. The second kappa shape index (κ2) is 9.97. The summed E-state index contributed by atoms with van der Waals surface area (Å²) < 4.78 is 31.4. The van der Waals surface area contributed by atoms with Crippen LogP contribution in [0.4, 0.5) is 23.1 Å². The second-order valence-corrected chi connectivity index (χ2v) is 12.9. The molecule has 3 aromatic rings. The number of aryl methyl sites for hydroxylation is 1. The SMILES string of the molecule is COc1cc2c(cc1Nc1ncc(Cl)c([NH2+]c3ccccc3S(=O)(=O)C(C)C)n1)CCC([NH3+])C2(C)C. The van der Waals surface area contributed by atoms with Crippen molar-refractivity contribution in [3.8, 4) is 5.75 Å². The number of hydrogen-bond acceptors (Lipinski definition) is 6. The van der Waals surface area contributed by atoms with Gasteiger partial charge in [-0.3, -0.25) is 5.32 Å². The number of benzene rings is 2. The van der Waals surface area contributed by atoms with Gasteiger partial charge in [-0.1, -0.05) is 37.6 Å². The highest BCUT2D eigenvalue weighted by atomic mass is 35.5. The standard InChI is InChI=1S/C26H32ClN5O3S/c1-15(2)36(33,34)22-9-7-6-8-19(22)30-24-18(27)14-29-25(32-24)31-20-12-16-10-11-23(28)26(3,4)17(16)13-21(20)35-5/h6-9,12-15,23H,10-11,28H2,1-5H3,(H2,29,30,31,32)/p+2. The third kappa shape index (κ3) is 4.93. The molecule has 1 aliphatic carbocycles. The molecule has 0 amide bonds. The lowest BCUT2D eigenvalue weighted by Gasteiger charge is -2.36. The number of nitrogens with zero attached hydrogens (tertiary/aromatic N) is 2. The van der Waals surface area contributed by atoms with E-state index in [2.05, 4.69) is 47.0 Å². The molecule has 0 bridgehead atoms. The predicted molar refractivity (Wildman–Crippen MR) is 141 cm³/mol. The number of methoxy groups -OCH3 is 1. The predicted octanol–water partition coefficient (Wildman–Crippen LogP) is 3.43. The van der Waals surface area contributed by atoms with E-state index in [9.17, 15) is 8.42 Å². The summed E-state index contributed by atoms with van der Waals surface area (Å²) in [7, 11) is -1.85. The van der Waals surface area contributed by atoms with Gasteiger partial charge >= 0.3 is 0 Å². The van der Waals surface area contributed by atoms with Crippen LogP contribution in [0.1, 0.15) is 45.2 Å². The Hall–Kier alpha value is -2.72. The molecule has 0 radical (unpaired) electrons. The first-order chi connectivity index (χ1) is 16.9. The van der Waals surface area contributed by atoms with Crippen molar-refractivity contribution < 1.29 is 24.2 Å². The van der Waals surface area contributed by atoms with Gasteiger partial charge in [-0.25, -0.2) is 13.4 Å². The maximum atomic E-state index is 12.9. The first-order valence-corrected chi connectivity index (χ1v) is 13.9. The summed E-state index contributed by atoms with van der Waals surface area (Å²) in [4.78, 5) is 9.18. The van der Waals surface area contributed by atoms with Crippen molar-refractivity contribution in [2.45, 2.75) is 62.1 Å². The largest absolute Gasteiger partial charge is 0.495 e. The van der Waals surface area contributed by atoms with Crippen LogP contribution in [0.5, 0.6) is 5.75 Å². The molecule has 1 aromatic heterocycles. The van der Waals surface area contributed by atoms with Crippen LogP contribution in [-0.2, 0) is 21.7 Å². The van der Waals surface area contributed by atoms with Crippen LogP contribution in [0.25, 0.3) is 0 Å². The number of rotatable bonds is 7. The highest BCUT2D eigenvalue weighted by Gasteiger charge is 2.38. The Balaban J connectivity index is 1.68. The van der Waals surface area contributed by atoms with E-state index < -0.39 is 15.1 Å². The zero-order valence-electron chi connectivity index (χ0n) is 21.3. The summed E-state index contributed by atoms with van der Waals surface area (Å²) >= 11 is 6.41. The van der Waals surface area contributed by atoms with Gasteiger partial charge in [0.25, 0.3) is 5.82 Å². The van der Waals surface area contributed by atoms with Gasteiger partial charge in [-0.2, -0.15) is 4.98 Å². The van der Waals surface area contributed by atoms with Crippen molar-refractivity contribution in [2.24, 2.45) is 0 Å². The fraction of sp³-hybridized carbons (Fsp3) is 0.385. The molecule has 4 rings (SSSR count). The van der Waals surface area contributed by atoms with E-state index in [1.165, 1.54) is 17.3 Å². The Labute approximate surface area is 217 Å². The Morgan fingerprint density at radius 2 is 1.97 bits per heavy atom. The number of quaternary nitrogens is 2. The molecule has 0 fully saturated rings.